The quantitative estimate of drug-likeness (QED) is 0.572. The molecule has 0 heterocycles. The van der Waals surface area contributed by atoms with Gasteiger partial charge in [-0.1, -0.05) is 32.9 Å². The number of carbonyl (C=O) groups is 1. The fourth-order valence-corrected chi connectivity index (χ4v) is 6.87. The second kappa shape index (κ2) is 5.16. The number of fused-ring (bicyclic) bond motifs is 2. The molecular weight excluding hydrogens is 320 g/mol. The van der Waals surface area contributed by atoms with Crippen LogP contribution in [0.4, 0.5) is 0 Å². The molecule has 7 atom stereocenters. The third-order valence-corrected chi connectivity index (χ3v) is 8.51. The summed E-state index contributed by atoms with van der Waals surface area (Å²) in [5, 5.41) is 33.2. The van der Waals surface area contributed by atoms with E-state index in [2.05, 4.69) is 13.5 Å². The van der Waals surface area contributed by atoms with Crippen molar-refractivity contribution < 1.29 is 25.6 Å². The Kier molecular flexibility index (Phi) is 3.92. The third-order valence-electron chi connectivity index (χ3n) is 8.51. The summed E-state index contributed by atoms with van der Waals surface area (Å²) >= 11 is 0. The Balaban J connectivity index is 0.00000182. The number of aliphatic hydroxyl groups excluding tert-OH is 2. The monoisotopic (exact) mass is 352 g/mol. The minimum Gasteiger partial charge on any atom is -0.412 e. The number of hydrogen-bond donors (Lipinski definition) is 3. The van der Waals surface area contributed by atoms with Crippen LogP contribution in [-0.2, 0) is 4.79 Å². The van der Waals surface area contributed by atoms with Gasteiger partial charge in [-0.05, 0) is 43.4 Å². The van der Waals surface area contributed by atoms with Gasteiger partial charge in [0.05, 0.1) is 12.2 Å². The molecular formula is C20H32O5. The molecule has 4 aliphatic carbocycles. The molecule has 4 saturated carbocycles. The van der Waals surface area contributed by atoms with Gasteiger partial charge >= 0.3 is 0 Å². The van der Waals surface area contributed by atoms with E-state index >= 15 is 0 Å². The molecule has 5 N–H and O–H groups in total. The van der Waals surface area contributed by atoms with Gasteiger partial charge in [-0.15, -0.1) is 0 Å². The lowest BCUT2D eigenvalue weighted by Crippen LogP contribution is -2.56. The number of Topliss-reactive ketones (excluding diaryl/α,β-unsaturated/α-hetero) is 1. The van der Waals surface area contributed by atoms with Gasteiger partial charge in [0.1, 0.15) is 11.4 Å². The Morgan fingerprint density at radius 1 is 1.12 bits per heavy atom. The molecule has 0 aliphatic heterocycles. The Morgan fingerprint density at radius 3 is 2.40 bits per heavy atom. The molecule has 4 rings (SSSR count). The van der Waals surface area contributed by atoms with Gasteiger partial charge in [-0.3, -0.25) is 4.79 Å². The zero-order chi connectivity index (χ0) is 17.7. The van der Waals surface area contributed by atoms with Crippen molar-refractivity contribution in [3.8, 4) is 0 Å². The Bertz CT molecular complexity index is 628. The largest absolute Gasteiger partial charge is 0.412 e. The topological polar surface area (TPSA) is 109 Å². The van der Waals surface area contributed by atoms with Crippen molar-refractivity contribution in [1.29, 1.82) is 0 Å². The molecule has 25 heavy (non-hydrogen) atoms. The maximum atomic E-state index is 12.6. The zero-order valence-electron chi connectivity index (χ0n) is 15.5. The fraction of sp³-hybridized carbons (Fsp3) is 0.850. The van der Waals surface area contributed by atoms with Crippen molar-refractivity contribution >= 4 is 5.78 Å². The van der Waals surface area contributed by atoms with Gasteiger partial charge in [0, 0.05) is 23.2 Å². The van der Waals surface area contributed by atoms with Crippen LogP contribution in [0.15, 0.2) is 12.2 Å². The summed E-state index contributed by atoms with van der Waals surface area (Å²) in [4.78, 5) is 12.6. The minimum absolute atomic E-state index is 0. The van der Waals surface area contributed by atoms with Crippen LogP contribution in [0.2, 0.25) is 0 Å². The second-order valence-electron chi connectivity index (χ2n) is 9.94. The highest BCUT2D eigenvalue weighted by Gasteiger charge is 2.70. The van der Waals surface area contributed by atoms with Crippen molar-refractivity contribution in [3.05, 3.63) is 12.2 Å². The molecule has 1 spiro atoms. The highest BCUT2D eigenvalue weighted by molar-refractivity contribution is 5.88. The lowest BCUT2D eigenvalue weighted by Gasteiger charge is -2.45. The maximum Gasteiger partial charge on any atom is 0.139 e. The lowest BCUT2D eigenvalue weighted by molar-refractivity contribution is -0.169. The zero-order valence-corrected chi connectivity index (χ0v) is 15.5. The van der Waals surface area contributed by atoms with Crippen molar-refractivity contribution in [2.24, 2.45) is 28.1 Å². The Morgan fingerprint density at radius 2 is 1.76 bits per heavy atom. The van der Waals surface area contributed by atoms with Crippen LogP contribution in [0.25, 0.3) is 0 Å². The van der Waals surface area contributed by atoms with Crippen LogP contribution in [0.3, 0.4) is 0 Å². The Hall–Kier alpha value is -0.750. The van der Waals surface area contributed by atoms with Crippen molar-refractivity contribution in [1.82, 2.24) is 0 Å². The van der Waals surface area contributed by atoms with Crippen molar-refractivity contribution in [2.45, 2.75) is 77.1 Å². The van der Waals surface area contributed by atoms with Gasteiger partial charge < -0.3 is 20.8 Å². The molecule has 0 amide bonds. The van der Waals surface area contributed by atoms with Gasteiger partial charge in [0.25, 0.3) is 0 Å². The summed E-state index contributed by atoms with van der Waals surface area (Å²) in [6, 6.07) is 0. The number of ketones is 1. The summed E-state index contributed by atoms with van der Waals surface area (Å²) in [6.45, 7) is 10.1. The predicted octanol–water partition coefficient (Wildman–Crippen LogP) is 1.39. The highest BCUT2D eigenvalue weighted by atomic mass is 16.4. The second-order valence-corrected chi connectivity index (χ2v) is 9.94. The van der Waals surface area contributed by atoms with Crippen LogP contribution in [0.5, 0.6) is 0 Å². The molecule has 0 aromatic rings. The van der Waals surface area contributed by atoms with Crippen LogP contribution in [0.1, 0.15) is 59.3 Å². The van der Waals surface area contributed by atoms with Crippen molar-refractivity contribution in [3.63, 3.8) is 0 Å². The predicted molar refractivity (Wildman–Crippen MR) is 93.7 cm³/mol. The van der Waals surface area contributed by atoms with E-state index in [1.807, 2.05) is 13.8 Å². The van der Waals surface area contributed by atoms with E-state index in [-0.39, 0.29) is 28.1 Å². The summed E-state index contributed by atoms with van der Waals surface area (Å²) in [7, 11) is 0. The van der Waals surface area contributed by atoms with E-state index in [0.29, 0.717) is 25.0 Å². The normalized spacial score (nSPS) is 53.7. The van der Waals surface area contributed by atoms with E-state index in [0.717, 1.165) is 24.8 Å². The first-order valence-corrected chi connectivity index (χ1v) is 9.28. The molecule has 5 nitrogen and oxygen atoms in total. The van der Waals surface area contributed by atoms with Crippen molar-refractivity contribution in [2.75, 3.05) is 0 Å². The average Bonchev–Trinajstić information content (AvgIpc) is 2.76. The standard InChI is InChI=1S/C20H30O4.H2O/c1-11-12-5-6-18(4)10-19(12,8-15(18)22)9-16(23)20(24)13(11)7-14(21)17(20,2)3;/h12-14,16,21,23-24H,1,5-10H2,2-4H3;1H2/t12-,13-,14-,16+,18-,19+,20-;/m0./s1. The minimum atomic E-state index is -1.38. The van der Waals surface area contributed by atoms with Crippen LogP contribution in [-0.4, -0.2) is 44.4 Å². The Labute approximate surface area is 149 Å². The molecule has 0 aromatic heterocycles. The van der Waals surface area contributed by atoms with E-state index < -0.39 is 23.2 Å². The molecule has 0 saturated heterocycles. The molecule has 5 heteroatoms. The first-order chi connectivity index (χ1) is 11.0. The molecule has 0 aromatic carbocycles. The summed E-state index contributed by atoms with van der Waals surface area (Å²) in [5.41, 5.74) is -1.75. The van der Waals surface area contributed by atoms with Crippen LogP contribution < -0.4 is 0 Å². The molecule has 4 aliphatic rings. The first kappa shape index (κ1) is 19.0. The van der Waals surface area contributed by atoms with Gasteiger partial charge in [0.15, 0.2) is 0 Å². The van der Waals surface area contributed by atoms with Gasteiger partial charge in [-0.2, -0.15) is 0 Å². The van der Waals surface area contributed by atoms with E-state index in [4.69, 9.17) is 0 Å². The smallest absolute Gasteiger partial charge is 0.139 e. The maximum absolute atomic E-state index is 12.6. The van der Waals surface area contributed by atoms with E-state index in [1.165, 1.54) is 0 Å². The van der Waals surface area contributed by atoms with Crippen LogP contribution >= 0.6 is 0 Å². The lowest BCUT2D eigenvalue weighted by atomic mass is 9.60. The molecule has 4 fully saturated rings. The fourth-order valence-electron chi connectivity index (χ4n) is 6.87. The van der Waals surface area contributed by atoms with E-state index in [1.54, 1.807) is 0 Å². The summed E-state index contributed by atoms with van der Waals surface area (Å²) in [6.07, 6.45) is 2.33. The van der Waals surface area contributed by atoms with Gasteiger partial charge in [0.2, 0.25) is 0 Å². The number of aliphatic hydroxyl groups is 3. The average molecular weight is 352 g/mol. The number of rotatable bonds is 0. The van der Waals surface area contributed by atoms with Crippen LogP contribution in [0, 0.1) is 28.1 Å². The van der Waals surface area contributed by atoms with Gasteiger partial charge in [-0.25, -0.2) is 0 Å². The molecule has 142 valence electrons. The summed E-state index contributed by atoms with van der Waals surface area (Å²) in [5.74, 6) is 0.164. The molecule has 2 bridgehead atoms. The third kappa shape index (κ3) is 2.01. The van der Waals surface area contributed by atoms with E-state index in [9.17, 15) is 20.1 Å². The highest BCUT2D eigenvalue weighted by Crippen LogP contribution is 2.68. The summed E-state index contributed by atoms with van der Waals surface area (Å²) < 4.78 is 0. The number of carbonyl (C=O) groups excluding carboxylic acids is 1. The molecule has 0 radical (unpaired) electrons. The number of hydrogen-bond acceptors (Lipinski definition) is 4. The molecule has 0 unspecified atom stereocenters. The SMILES string of the molecule is C=C1[C@@H]2CC[C@@]3(C)C[C@@]2(CC3=O)C[C@@H](O)[C@@]2(O)[C@H]1C[C@H](O)C2(C)C.O. The first-order valence-electron chi connectivity index (χ1n) is 9.28.